The summed E-state index contributed by atoms with van der Waals surface area (Å²) in [5.74, 6) is -0.284. The molecule has 1 aliphatic rings. The van der Waals surface area contributed by atoms with E-state index < -0.39 is 0 Å². The normalized spacial score (nSPS) is 14.3. The average molecular weight is 358 g/mol. The number of carbonyl (C=O) groups is 2. The average Bonchev–Trinajstić information content (AvgIpc) is 2.67. The fourth-order valence-corrected chi connectivity index (χ4v) is 2.95. The first kappa shape index (κ1) is 17.3. The molecule has 1 N–H and O–H groups in total. The zero-order valence-corrected chi connectivity index (χ0v) is 14.6. The minimum Gasteiger partial charge on any atom is -0.368 e. The summed E-state index contributed by atoms with van der Waals surface area (Å²) in [7, 11) is 0. The largest absolute Gasteiger partial charge is 0.368 e. The summed E-state index contributed by atoms with van der Waals surface area (Å²) in [4.78, 5) is 28.3. The lowest BCUT2D eigenvalue weighted by Crippen LogP contribution is -2.51. The Hall–Kier alpha value is -2.53. The highest BCUT2D eigenvalue weighted by Gasteiger charge is 2.21. The van der Waals surface area contributed by atoms with E-state index in [1.54, 1.807) is 29.2 Å². The maximum absolute atomic E-state index is 12.3. The summed E-state index contributed by atoms with van der Waals surface area (Å²) in [6.07, 6.45) is 0. The summed E-state index contributed by atoms with van der Waals surface area (Å²) >= 11 is 5.91. The van der Waals surface area contributed by atoms with Crippen LogP contribution < -0.4 is 10.2 Å². The Morgan fingerprint density at radius 3 is 2.20 bits per heavy atom. The number of hydrogen-bond acceptors (Lipinski definition) is 3. The van der Waals surface area contributed by atoms with Crippen LogP contribution in [0.4, 0.5) is 5.69 Å². The number of hydrogen-bond donors (Lipinski definition) is 1. The fraction of sp³-hybridized carbons (Fsp3) is 0.263. The summed E-state index contributed by atoms with van der Waals surface area (Å²) in [6, 6.07) is 16.6. The highest BCUT2D eigenvalue weighted by Crippen LogP contribution is 2.19. The summed E-state index contributed by atoms with van der Waals surface area (Å²) in [5, 5.41) is 3.40. The van der Waals surface area contributed by atoms with Gasteiger partial charge in [-0.2, -0.15) is 0 Å². The smallest absolute Gasteiger partial charge is 0.251 e. The Morgan fingerprint density at radius 2 is 1.56 bits per heavy atom. The number of piperazine rings is 1. The molecule has 1 heterocycles. The highest BCUT2D eigenvalue weighted by atomic mass is 35.5. The minimum absolute atomic E-state index is 0.0225. The second-order valence-corrected chi connectivity index (χ2v) is 6.33. The minimum atomic E-state index is -0.228. The van der Waals surface area contributed by atoms with Gasteiger partial charge < -0.3 is 15.1 Å². The van der Waals surface area contributed by atoms with Crippen molar-refractivity contribution in [3.8, 4) is 0 Å². The molecule has 2 aromatic carbocycles. The topological polar surface area (TPSA) is 52.7 Å². The molecule has 0 bridgehead atoms. The van der Waals surface area contributed by atoms with Crippen LogP contribution in [0, 0.1) is 0 Å². The molecule has 0 spiro atoms. The van der Waals surface area contributed by atoms with Crippen LogP contribution in [0.3, 0.4) is 0 Å². The predicted octanol–water partition coefficient (Wildman–Crippen LogP) is 2.42. The molecule has 0 radical (unpaired) electrons. The lowest BCUT2D eigenvalue weighted by molar-refractivity contribution is -0.130. The third-order valence-corrected chi connectivity index (χ3v) is 4.51. The molecule has 0 aromatic heterocycles. The Bertz CT molecular complexity index is 726. The van der Waals surface area contributed by atoms with Crippen molar-refractivity contribution in [2.24, 2.45) is 0 Å². The monoisotopic (exact) mass is 357 g/mol. The lowest BCUT2D eigenvalue weighted by Gasteiger charge is -2.36. The summed E-state index contributed by atoms with van der Waals surface area (Å²) in [6.45, 7) is 2.83. The molecule has 5 nitrogen and oxygen atoms in total. The second kappa shape index (κ2) is 8.03. The predicted molar refractivity (Wildman–Crippen MR) is 99.0 cm³/mol. The van der Waals surface area contributed by atoms with Crippen molar-refractivity contribution in [2.45, 2.75) is 0 Å². The Labute approximate surface area is 152 Å². The van der Waals surface area contributed by atoms with Gasteiger partial charge in [0.2, 0.25) is 5.91 Å². The first-order chi connectivity index (χ1) is 12.1. The number of anilines is 1. The Morgan fingerprint density at radius 1 is 0.920 bits per heavy atom. The molecular formula is C19H20ClN3O2. The maximum atomic E-state index is 12.3. The van der Waals surface area contributed by atoms with E-state index in [0.29, 0.717) is 23.7 Å². The molecule has 1 fully saturated rings. The van der Waals surface area contributed by atoms with E-state index in [1.165, 1.54) is 0 Å². The van der Waals surface area contributed by atoms with Gasteiger partial charge in [0.1, 0.15) is 0 Å². The summed E-state index contributed by atoms with van der Waals surface area (Å²) in [5.41, 5.74) is 1.66. The number of amides is 2. The van der Waals surface area contributed by atoms with Crippen LogP contribution >= 0.6 is 11.6 Å². The molecule has 0 saturated carbocycles. The SMILES string of the molecule is O=C(NCC(=O)N1CCN(c2ccc(Cl)cc2)CC1)c1ccccc1. The van der Waals surface area contributed by atoms with E-state index in [4.69, 9.17) is 11.6 Å². The Balaban J connectivity index is 1.47. The molecule has 0 unspecified atom stereocenters. The zero-order chi connectivity index (χ0) is 17.6. The fourth-order valence-electron chi connectivity index (χ4n) is 2.83. The van der Waals surface area contributed by atoms with E-state index in [9.17, 15) is 9.59 Å². The number of benzene rings is 2. The van der Waals surface area contributed by atoms with Crippen molar-refractivity contribution in [1.82, 2.24) is 10.2 Å². The van der Waals surface area contributed by atoms with Gasteiger partial charge in [0, 0.05) is 42.5 Å². The van der Waals surface area contributed by atoms with E-state index in [0.717, 1.165) is 18.8 Å². The highest BCUT2D eigenvalue weighted by molar-refractivity contribution is 6.30. The molecule has 130 valence electrons. The first-order valence-electron chi connectivity index (χ1n) is 8.25. The van der Waals surface area contributed by atoms with E-state index >= 15 is 0 Å². The Kier molecular flexibility index (Phi) is 5.56. The molecule has 1 aliphatic heterocycles. The van der Waals surface area contributed by atoms with Gasteiger partial charge in [0.25, 0.3) is 5.91 Å². The molecule has 0 atom stereocenters. The molecule has 6 heteroatoms. The molecule has 25 heavy (non-hydrogen) atoms. The van der Waals surface area contributed by atoms with Gasteiger partial charge in [-0.25, -0.2) is 0 Å². The van der Waals surface area contributed by atoms with Crippen molar-refractivity contribution < 1.29 is 9.59 Å². The van der Waals surface area contributed by atoms with Gasteiger partial charge in [0.15, 0.2) is 0 Å². The zero-order valence-electron chi connectivity index (χ0n) is 13.8. The molecule has 0 aliphatic carbocycles. The van der Waals surface area contributed by atoms with Gasteiger partial charge in [-0.05, 0) is 36.4 Å². The van der Waals surface area contributed by atoms with Crippen molar-refractivity contribution in [3.05, 3.63) is 65.2 Å². The van der Waals surface area contributed by atoms with E-state index in [2.05, 4.69) is 10.2 Å². The van der Waals surface area contributed by atoms with E-state index in [1.807, 2.05) is 30.3 Å². The number of nitrogens with one attached hydrogen (secondary N) is 1. The van der Waals surface area contributed by atoms with Gasteiger partial charge in [-0.1, -0.05) is 29.8 Å². The number of nitrogens with zero attached hydrogens (tertiary/aromatic N) is 2. The molecule has 2 amide bonds. The third kappa shape index (κ3) is 4.51. The third-order valence-electron chi connectivity index (χ3n) is 4.26. The van der Waals surface area contributed by atoms with Crippen molar-refractivity contribution in [2.75, 3.05) is 37.6 Å². The molecule has 1 saturated heterocycles. The first-order valence-corrected chi connectivity index (χ1v) is 8.63. The van der Waals surface area contributed by atoms with Crippen LogP contribution in [0.2, 0.25) is 5.02 Å². The standard InChI is InChI=1S/C19H20ClN3O2/c20-16-6-8-17(9-7-16)22-10-12-23(13-11-22)18(24)14-21-19(25)15-4-2-1-3-5-15/h1-9H,10-14H2,(H,21,25). The number of rotatable bonds is 4. The van der Waals surface area contributed by atoms with Crippen LogP contribution in [0.15, 0.2) is 54.6 Å². The van der Waals surface area contributed by atoms with Gasteiger partial charge in [0.05, 0.1) is 6.54 Å². The lowest BCUT2D eigenvalue weighted by atomic mass is 10.2. The van der Waals surface area contributed by atoms with Gasteiger partial charge >= 0.3 is 0 Å². The summed E-state index contributed by atoms with van der Waals surface area (Å²) < 4.78 is 0. The molecule has 3 rings (SSSR count). The van der Waals surface area contributed by atoms with Crippen LogP contribution in [0.5, 0.6) is 0 Å². The van der Waals surface area contributed by atoms with Crippen LogP contribution in [0.25, 0.3) is 0 Å². The second-order valence-electron chi connectivity index (χ2n) is 5.89. The van der Waals surface area contributed by atoms with E-state index in [-0.39, 0.29) is 18.4 Å². The van der Waals surface area contributed by atoms with Crippen LogP contribution in [-0.4, -0.2) is 49.4 Å². The van der Waals surface area contributed by atoms with Crippen LogP contribution in [0.1, 0.15) is 10.4 Å². The molecular weight excluding hydrogens is 338 g/mol. The van der Waals surface area contributed by atoms with Crippen molar-refractivity contribution in [1.29, 1.82) is 0 Å². The van der Waals surface area contributed by atoms with Crippen molar-refractivity contribution in [3.63, 3.8) is 0 Å². The molecule has 2 aromatic rings. The quantitative estimate of drug-likeness (QED) is 0.914. The maximum Gasteiger partial charge on any atom is 0.251 e. The van der Waals surface area contributed by atoms with Crippen molar-refractivity contribution >= 4 is 29.1 Å². The number of carbonyl (C=O) groups excluding carboxylic acids is 2. The van der Waals surface area contributed by atoms with Gasteiger partial charge in [-0.15, -0.1) is 0 Å². The van der Waals surface area contributed by atoms with Crippen LogP contribution in [-0.2, 0) is 4.79 Å². The number of halogens is 1. The van der Waals surface area contributed by atoms with Gasteiger partial charge in [-0.3, -0.25) is 9.59 Å².